The minimum Gasteiger partial charge on any atom is -0.345 e. The van der Waals surface area contributed by atoms with Gasteiger partial charge in [0.1, 0.15) is 0 Å². The van der Waals surface area contributed by atoms with E-state index in [1.165, 1.54) is 16.7 Å². The Kier molecular flexibility index (Phi) is 5.44. The molecule has 0 aliphatic heterocycles. The molecule has 0 saturated carbocycles. The van der Waals surface area contributed by atoms with E-state index in [4.69, 9.17) is 34.8 Å². The molecule has 2 aromatic carbocycles. The zero-order valence-electron chi connectivity index (χ0n) is 11.4. The van der Waals surface area contributed by atoms with Gasteiger partial charge in [-0.2, -0.15) is 0 Å². The first kappa shape index (κ1) is 16.5. The molecule has 2 aromatic rings. The molecule has 2 nitrogen and oxygen atoms in total. The van der Waals surface area contributed by atoms with Crippen molar-refractivity contribution in [2.24, 2.45) is 0 Å². The van der Waals surface area contributed by atoms with E-state index in [0.717, 1.165) is 4.90 Å². The van der Waals surface area contributed by atoms with Gasteiger partial charge in [-0.15, -0.1) is 0 Å². The van der Waals surface area contributed by atoms with E-state index in [1.54, 1.807) is 44.4 Å². The Morgan fingerprint density at radius 2 is 1.71 bits per heavy atom. The minimum absolute atomic E-state index is 0.0972. The molecule has 6 heteroatoms. The molecule has 0 bridgehead atoms. The average Bonchev–Trinajstić information content (AvgIpc) is 2.44. The van der Waals surface area contributed by atoms with Crippen LogP contribution in [0.2, 0.25) is 15.1 Å². The van der Waals surface area contributed by atoms with Crippen LogP contribution >= 0.6 is 46.6 Å². The summed E-state index contributed by atoms with van der Waals surface area (Å²) in [5.41, 5.74) is 0.559. The highest BCUT2D eigenvalue weighted by Crippen LogP contribution is 2.38. The Bertz CT molecular complexity index is 689. The van der Waals surface area contributed by atoms with E-state index in [-0.39, 0.29) is 5.91 Å². The molecule has 0 unspecified atom stereocenters. The fourth-order valence-electron chi connectivity index (χ4n) is 1.68. The van der Waals surface area contributed by atoms with Gasteiger partial charge in [0.15, 0.2) is 0 Å². The zero-order valence-corrected chi connectivity index (χ0v) is 14.4. The topological polar surface area (TPSA) is 20.3 Å². The predicted molar refractivity (Wildman–Crippen MR) is 90.1 cm³/mol. The lowest BCUT2D eigenvalue weighted by Crippen LogP contribution is -2.22. The third-order valence-electron chi connectivity index (χ3n) is 2.71. The number of benzene rings is 2. The molecule has 0 spiro atoms. The van der Waals surface area contributed by atoms with Crippen LogP contribution in [0.1, 0.15) is 10.4 Å². The van der Waals surface area contributed by atoms with Crippen LogP contribution in [0.4, 0.5) is 0 Å². The molecule has 2 rings (SSSR count). The van der Waals surface area contributed by atoms with E-state index >= 15 is 0 Å². The molecule has 0 aromatic heterocycles. The Labute approximate surface area is 143 Å². The van der Waals surface area contributed by atoms with Gasteiger partial charge in [-0.3, -0.25) is 4.79 Å². The summed E-state index contributed by atoms with van der Waals surface area (Å²) in [6.07, 6.45) is 0. The van der Waals surface area contributed by atoms with Crippen molar-refractivity contribution in [2.75, 3.05) is 14.1 Å². The lowest BCUT2D eigenvalue weighted by molar-refractivity contribution is 0.0824. The zero-order chi connectivity index (χ0) is 15.6. The summed E-state index contributed by atoms with van der Waals surface area (Å²) >= 11 is 19.6. The third kappa shape index (κ3) is 3.86. The summed E-state index contributed by atoms with van der Waals surface area (Å²) in [5, 5.41) is 1.48. The largest absolute Gasteiger partial charge is 0.345 e. The Hall–Kier alpha value is -0.870. The van der Waals surface area contributed by atoms with Gasteiger partial charge in [0.2, 0.25) is 0 Å². The van der Waals surface area contributed by atoms with Gasteiger partial charge in [0.25, 0.3) is 5.91 Å². The Morgan fingerprint density at radius 3 is 2.33 bits per heavy atom. The summed E-state index contributed by atoms with van der Waals surface area (Å²) in [5.74, 6) is -0.0972. The van der Waals surface area contributed by atoms with Crippen molar-refractivity contribution in [1.29, 1.82) is 0 Å². The summed E-state index contributed by atoms with van der Waals surface area (Å²) < 4.78 is 0. The van der Waals surface area contributed by atoms with Crippen molar-refractivity contribution in [3.63, 3.8) is 0 Å². The smallest absolute Gasteiger partial charge is 0.254 e. The number of carbonyl (C=O) groups is 1. The van der Waals surface area contributed by atoms with Gasteiger partial charge in [-0.25, -0.2) is 0 Å². The maximum absolute atomic E-state index is 12.2. The molecule has 1 amide bonds. The highest BCUT2D eigenvalue weighted by atomic mass is 35.5. The van der Waals surface area contributed by atoms with Crippen LogP contribution < -0.4 is 0 Å². The maximum atomic E-state index is 12.2. The second kappa shape index (κ2) is 6.93. The van der Waals surface area contributed by atoms with Crippen molar-refractivity contribution in [3.8, 4) is 0 Å². The molecule has 0 fully saturated rings. The van der Waals surface area contributed by atoms with Crippen molar-refractivity contribution in [2.45, 2.75) is 9.79 Å². The number of amides is 1. The number of hydrogen-bond acceptors (Lipinski definition) is 2. The highest BCUT2D eigenvalue weighted by Gasteiger charge is 2.17. The van der Waals surface area contributed by atoms with Gasteiger partial charge < -0.3 is 4.90 Å². The first-order valence-electron chi connectivity index (χ1n) is 6.03. The van der Waals surface area contributed by atoms with Crippen LogP contribution in [0.5, 0.6) is 0 Å². The average molecular weight is 361 g/mol. The fourth-order valence-corrected chi connectivity index (χ4v) is 3.31. The van der Waals surface area contributed by atoms with Crippen molar-refractivity contribution < 1.29 is 4.79 Å². The summed E-state index contributed by atoms with van der Waals surface area (Å²) in [6, 6.07) is 10.6. The van der Waals surface area contributed by atoms with Crippen LogP contribution in [0, 0.1) is 0 Å². The molecule has 21 heavy (non-hydrogen) atoms. The fraction of sp³-hybridized carbons (Fsp3) is 0.133. The first-order valence-corrected chi connectivity index (χ1v) is 7.98. The van der Waals surface area contributed by atoms with Gasteiger partial charge >= 0.3 is 0 Å². The second-order valence-corrected chi connectivity index (χ2v) is 6.80. The van der Waals surface area contributed by atoms with E-state index in [9.17, 15) is 4.79 Å². The number of nitrogens with zero attached hydrogens (tertiary/aromatic N) is 1. The maximum Gasteiger partial charge on any atom is 0.254 e. The Balaban J connectivity index is 2.43. The number of carbonyl (C=O) groups excluding carboxylic acids is 1. The molecule has 0 aliphatic carbocycles. The van der Waals surface area contributed by atoms with Gasteiger partial charge in [-0.1, -0.05) is 52.6 Å². The van der Waals surface area contributed by atoms with Crippen molar-refractivity contribution in [3.05, 3.63) is 57.0 Å². The first-order chi connectivity index (χ1) is 9.90. The Morgan fingerprint density at radius 1 is 1.00 bits per heavy atom. The van der Waals surface area contributed by atoms with E-state index in [0.29, 0.717) is 25.5 Å². The van der Waals surface area contributed by atoms with Crippen LogP contribution in [0.3, 0.4) is 0 Å². The number of rotatable bonds is 3. The number of hydrogen-bond donors (Lipinski definition) is 0. The monoisotopic (exact) mass is 359 g/mol. The van der Waals surface area contributed by atoms with E-state index < -0.39 is 0 Å². The lowest BCUT2D eigenvalue weighted by atomic mass is 10.2. The molecule has 0 heterocycles. The molecule has 0 saturated heterocycles. The number of halogens is 3. The van der Waals surface area contributed by atoms with Gasteiger partial charge in [0.05, 0.1) is 20.6 Å². The summed E-state index contributed by atoms with van der Waals surface area (Å²) in [7, 11) is 3.41. The van der Waals surface area contributed by atoms with Crippen LogP contribution in [0.15, 0.2) is 46.2 Å². The van der Waals surface area contributed by atoms with Gasteiger partial charge in [0, 0.05) is 23.9 Å². The van der Waals surface area contributed by atoms with Crippen molar-refractivity contribution >= 4 is 52.5 Å². The highest BCUT2D eigenvalue weighted by molar-refractivity contribution is 7.99. The molecular formula is C15H12Cl3NOS. The normalized spacial score (nSPS) is 10.5. The quantitative estimate of drug-likeness (QED) is 0.720. The molecule has 0 atom stereocenters. The molecule has 0 N–H and O–H groups in total. The third-order valence-corrected chi connectivity index (χ3v) is 5.01. The molecule has 0 radical (unpaired) electrons. The van der Waals surface area contributed by atoms with Gasteiger partial charge in [-0.05, 0) is 30.3 Å². The summed E-state index contributed by atoms with van der Waals surface area (Å²) in [4.78, 5) is 15.3. The van der Waals surface area contributed by atoms with Crippen molar-refractivity contribution in [1.82, 2.24) is 4.90 Å². The van der Waals surface area contributed by atoms with Crippen LogP contribution in [-0.4, -0.2) is 24.9 Å². The standard InChI is InChI=1S/C15H12Cl3NOS/c1-19(2)15(20)10-4-3-5-12(17)14(10)21-9-6-7-11(16)13(18)8-9/h3-8H,1-2H3. The van der Waals surface area contributed by atoms with Crippen LogP contribution in [-0.2, 0) is 0 Å². The minimum atomic E-state index is -0.0972. The van der Waals surface area contributed by atoms with Crippen LogP contribution in [0.25, 0.3) is 0 Å². The SMILES string of the molecule is CN(C)C(=O)c1cccc(Cl)c1Sc1ccc(Cl)c(Cl)c1. The predicted octanol–water partition coefficient (Wildman–Crippen LogP) is 5.50. The molecule has 0 aliphatic rings. The summed E-state index contributed by atoms with van der Waals surface area (Å²) in [6.45, 7) is 0. The molecular weight excluding hydrogens is 349 g/mol. The van der Waals surface area contributed by atoms with E-state index in [1.807, 2.05) is 6.07 Å². The molecule has 110 valence electrons. The van der Waals surface area contributed by atoms with E-state index in [2.05, 4.69) is 0 Å². The second-order valence-electron chi connectivity index (χ2n) is 4.49. The lowest BCUT2D eigenvalue weighted by Gasteiger charge is -2.15.